The molecule has 1 aromatic heterocycles. The van der Waals surface area contributed by atoms with Crippen molar-refractivity contribution in [3.63, 3.8) is 0 Å². The molecule has 1 atom stereocenters. The first-order valence-corrected chi connectivity index (χ1v) is 8.96. The SMILES string of the molecule is COC(=O)N1CCc2nc(NC(=O)C3COc4ccccc4O3)sc2C1. The fraction of sp³-hybridized carbons (Fsp3) is 0.353. The van der Waals surface area contributed by atoms with E-state index < -0.39 is 6.10 Å². The van der Waals surface area contributed by atoms with E-state index in [-0.39, 0.29) is 18.6 Å². The van der Waals surface area contributed by atoms with Crippen LogP contribution in [0.1, 0.15) is 10.6 Å². The van der Waals surface area contributed by atoms with E-state index in [9.17, 15) is 9.59 Å². The van der Waals surface area contributed by atoms with E-state index in [0.29, 0.717) is 36.1 Å². The zero-order valence-electron chi connectivity index (χ0n) is 14.1. The van der Waals surface area contributed by atoms with Gasteiger partial charge in [-0.1, -0.05) is 23.5 Å². The van der Waals surface area contributed by atoms with Crippen LogP contribution in [0.5, 0.6) is 11.5 Å². The molecule has 0 saturated heterocycles. The van der Waals surface area contributed by atoms with Gasteiger partial charge in [0.15, 0.2) is 16.6 Å². The predicted octanol–water partition coefficient (Wildman–Crippen LogP) is 2.05. The number of ether oxygens (including phenoxy) is 3. The molecule has 26 heavy (non-hydrogen) atoms. The number of anilines is 1. The summed E-state index contributed by atoms with van der Waals surface area (Å²) in [7, 11) is 1.36. The molecule has 0 radical (unpaired) electrons. The topological polar surface area (TPSA) is 90.0 Å². The number of hydrogen-bond donors (Lipinski definition) is 1. The van der Waals surface area contributed by atoms with Crippen LogP contribution < -0.4 is 14.8 Å². The Morgan fingerprint density at radius 2 is 2.15 bits per heavy atom. The number of carbonyl (C=O) groups excluding carboxylic acids is 2. The van der Waals surface area contributed by atoms with Crippen LogP contribution in [0.15, 0.2) is 24.3 Å². The summed E-state index contributed by atoms with van der Waals surface area (Å²) < 4.78 is 16.0. The molecular formula is C17H17N3O5S. The highest BCUT2D eigenvalue weighted by Crippen LogP contribution is 2.32. The molecule has 2 amide bonds. The summed E-state index contributed by atoms with van der Waals surface area (Å²) >= 11 is 1.36. The summed E-state index contributed by atoms with van der Waals surface area (Å²) in [6.07, 6.45) is -0.466. The average molecular weight is 375 g/mol. The van der Waals surface area contributed by atoms with Crippen LogP contribution in [-0.4, -0.2) is 48.2 Å². The Balaban J connectivity index is 1.42. The molecule has 3 heterocycles. The van der Waals surface area contributed by atoms with Crippen molar-refractivity contribution in [3.05, 3.63) is 34.8 Å². The minimum atomic E-state index is -0.739. The zero-order chi connectivity index (χ0) is 18.1. The van der Waals surface area contributed by atoms with E-state index in [4.69, 9.17) is 14.2 Å². The van der Waals surface area contributed by atoms with Gasteiger partial charge in [-0.15, -0.1) is 0 Å². The molecule has 1 aromatic carbocycles. The second-order valence-electron chi connectivity index (χ2n) is 5.88. The van der Waals surface area contributed by atoms with Crippen molar-refractivity contribution in [1.29, 1.82) is 0 Å². The lowest BCUT2D eigenvalue weighted by molar-refractivity contribution is -0.125. The lowest BCUT2D eigenvalue weighted by atomic mass is 10.2. The molecule has 1 unspecified atom stereocenters. The van der Waals surface area contributed by atoms with Gasteiger partial charge in [0.2, 0.25) is 6.10 Å². The molecule has 4 rings (SSSR count). The summed E-state index contributed by atoms with van der Waals surface area (Å²) in [4.78, 5) is 31.2. The van der Waals surface area contributed by atoms with E-state index in [1.165, 1.54) is 18.4 Å². The van der Waals surface area contributed by atoms with Crippen molar-refractivity contribution in [2.75, 3.05) is 25.6 Å². The van der Waals surface area contributed by atoms with Gasteiger partial charge >= 0.3 is 6.09 Å². The molecular weight excluding hydrogens is 358 g/mol. The van der Waals surface area contributed by atoms with E-state index in [1.54, 1.807) is 17.0 Å². The molecule has 136 valence electrons. The van der Waals surface area contributed by atoms with Crippen molar-refractivity contribution >= 4 is 28.5 Å². The number of aromatic nitrogens is 1. The lowest BCUT2D eigenvalue weighted by Crippen LogP contribution is -2.40. The van der Waals surface area contributed by atoms with Crippen molar-refractivity contribution in [2.45, 2.75) is 19.1 Å². The highest BCUT2D eigenvalue weighted by atomic mass is 32.1. The van der Waals surface area contributed by atoms with E-state index in [1.807, 2.05) is 12.1 Å². The Bertz CT molecular complexity index is 853. The van der Waals surface area contributed by atoms with Gasteiger partial charge in [0.25, 0.3) is 5.91 Å². The van der Waals surface area contributed by atoms with Crippen molar-refractivity contribution < 1.29 is 23.8 Å². The van der Waals surface area contributed by atoms with Crippen molar-refractivity contribution in [3.8, 4) is 11.5 Å². The molecule has 0 bridgehead atoms. The normalized spacial score (nSPS) is 18.0. The number of hydrogen-bond acceptors (Lipinski definition) is 7. The Hall–Kier alpha value is -2.81. The minimum Gasteiger partial charge on any atom is -0.485 e. The Kier molecular flexibility index (Phi) is 4.37. The fourth-order valence-electron chi connectivity index (χ4n) is 2.87. The van der Waals surface area contributed by atoms with Crippen LogP contribution >= 0.6 is 11.3 Å². The molecule has 2 aliphatic rings. The molecule has 0 saturated carbocycles. The van der Waals surface area contributed by atoms with Gasteiger partial charge in [0, 0.05) is 17.8 Å². The second kappa shape index (κ2) is 6.83. The number of para-hydroxylation sites is 2. The maximum atomic E-state index is 12.5. The first-order valence-electron chi connectivity index (χ1n) is 8.15. The smallest absolute Gasteiger partial charge is 0.409 e. The number of nitrogens with zero attached hydrogens (tertiary/aromatic N) is 2. The first kappa shape index (κ1) is 16.6. The number of methoxy groups -OCH3 is 1. The largest absolute Gasteiger partial charge is 0.485 e. The molecule has 0 spiro atoms. The monoisotopic (exact) mass is 375 g/mol. The lowest BCUT2D eigenvalue weighted by Gasteiger charge is -2.25. The Labute approximate surface area is 153 Å². The van der Waals surface area contributed by atoms with E-state index in [2.05, 4.69) is 10.3 Å². The van der Waals surface area contributed by atoms with Gasteiger partial charge in [-0.05, 0) is 12.1 Å². The predicted molar refractivity (Wildman–Crippen MR) is 93.6 cm³/mol. The molecule has 1 N–H and O–H groups in total. The maximum absolute atomic E-state index is 12.5. The summed E-state index contributed by atoms with van der Waals surface area (Å²) in [6, 6.07) is 7.23. The average Bonchev–Trinajstić information content (AvgIpc) is 3.08. The summed E-state index contributed by atoms with van der Waals surface area (Å²) in [5, 5.41) is 3.28. The van der Waals surface area contributed by atoms with Crippen LogP contribution in [0.3, 0.4) is 0 Å². The number of amides is 2. The van der Waals surface area contributed by atoms with E-state index in [0.717, 1.165) is 10.6 Å². The molecule has 9 heteroatoms. The number of benzene rings is 1. The van der Waals surface area contributed by atoms with Crippen molar-refractivity contribution in [1.82, 2.24) is 9.88 Å². The number of nitrogens with one attached hydrogen (secondary N) is 1. The Morgan fingerprint density at radius 1 is 1.35 bits per heavy atom. The van der Waals surface area contributed by atoms with Crippen LogP contribution in [0.2, 0.25) is 0 Å². The molecule has 8 nitrogen and oxygen atoms in total. The number of fused-ring (bicyclic) bond motifs is 2. The summed E-state index contributed by atoms with van der Waals surface area (Å²) in [5.41, 5.74) is 0.900. The number of thiazole rings is 1. The van der Waals surface area contributed by atoms with Gasteiger partial charge in [-0.25, -0.2) is 9.78 Å². The minimum absolute atomic E-state index is 0.143. The second-order valence-corrected chi connectivity index (χ2v) is 6.97. The maximum Gasteiger partial charge on any atom is 0.409 e. The summed E-state index contributed by atoms with van der Waals surface area (Å²) in [5.74, 6) is 0.866. The third-order valence-electron chi connectivity index (χ3n) is 4.20. The molecule has 0 fully saturated rings. The fourth-order valence-corrected chi connectivity index (χ4v) is 3.90. The molecule has 0 aliphatic carbocycles. The number of rotatable bonds is 2. The quantitative estimate of drug-likeness (QED) is 0.864. The highest BCUT2D eigenvalue weighted by Gasteiger charge is 2.29. The van der Waals surface area contributed by atoms with Gasteiger partial charge < -0.3 is 19.1 Å². The van der Waals surface area contributed by atoms with Crippen LogP contribution in [0.4, 0.5) is 9.93 Å². The van der Waals surface area contributed by atoms with Crippen LogP contribution in [-0.2, 0) is 22.5 Å². The van der Waals surface area contributed by atoms with Gasteiger partial charge in [-0.3, -0.25) is 10.1 Å². The van der Waals surface area contributed by atoms with Gasteiger partial charge in [-0.2, -0.15) is 0 Å². The van der Waals surface area contributed by atoms with Gasteiger partial charge in [0.05, 0.1) is 19.3 Å². The number of carbonyl (C=O) groups is 2. The first-order chi connectivity index (χ1) is 12.6. The van der Waals surface area contributed by atoms with Crippen LogP contribution in [0.25, 0.3) is 0 Å². The third kappa shape index (κ3) is 3.17. The van der Waals surface area contributed by atoms with E-state index >= 15 is 0 Å². The summed E-state index contributed by atoms with van der Waals surface area (Å²) in [6.45, 7) is 1.13. The van der Waals surface area contributed by atoms with Gasteiger partial charge in [0.1, 0.15) is 6.61 Å². The molecule has 2 aromatic rings. The molecule has 2 aliphatic heterocycles. The Morgan fingerprint density at radius 3 is 2.96 bits per heavy atom. The van der Waals surface area contributed by atoms with Crippen LogP contribution in [0, 0.1) is 0 Å². The highest BCUT2D eigenvalue weighted by molar-refractivity contribution is 7.15. The third-order valence-corrected chi connectivity index (χ3v) is 5.19. The zero-order valence-corrected chi connectivity index (χ0v) is 14.9. The van der Waals surface area contributed by atoms with Crippen molar-refractivity contribution in [2.24, 2.45) is 0 Å². The standard InChI is InChI=1S/C17H17N3O5S/c1-23-17(22)20-7-6-10-14(8-20)26-16(18-10)19-15(21)13-9-24-11-4-2-3-5-12(11)25-13/h2-5,13H,6-9H2,1H3,(H,18,19,21).